The lowest BCUT2D eigenvalue weighted by atomic mass is 9.79. The Balaban J connectivity index is 1.29. The number of nitrogens with zero attached hydrogens (tertiary/aromatic N) is 6. The third-order valence-corrected chi connectivity index (χ3v) is 7.86. The molecule has 1 amide bonds. The van der Waals surface area contributed by atoms with Crippen molar-refractivity contribution < 1.29 is 4.79 Å². The summed E-state index contributed by atoms with van der Waals surface area (Å²) in [6.45, 7) is 4.24. The third kappa shape index (κ3) is 4.96. The lowest BCUT2D eigenvalue weighted by Crippen LogP contribution is -2.41. The highest BCUT2D eigenvalue weighted by atomic mass is 35.5. The molecule has 0 unspecified atom stereocenters. The van der Waals surface area contributed by atoms with Gasteiger partial charge in [0.15, 0.2) is 0 Å². The van der Waals surface area contributed by atoms with Crippen LogP contribution in [0.4, 0.5) is 16.8 Å². The van der Waals surface area contributed by atoms with E-state index in [1.54, 1.807) is 19.0 Å². The third-order valence-electron chi connectivity index (χ3n) is 6.78. The van der Waals surface area contributed by atoms with Crippen molar-refractivity contribution in [3.63, 3.8) is 0 Å². The Morgan fingerprint density at radius 3 is 2.09 bits per heavy atom. The van der Waals surface area contributed by atoms with Gasteiger partial charge in [-0.2, -0.15) is 9.36 Å². The number of hydrogen-bond acceptors (Lipinski definition) is 7. The minimum absolute atomic E-state index is 0.0573. The number of anilines is 3. The van der Waals surface area contributed by atoms with Gasteiger partial charge in [0.1, 0.15) is 0 Å². The van der Waals surface area contributed by atoms with Gasteiger partial charge in [0, 0.05) is 71.6 Å². The fourth-order valence-corrected chi connectivity index (χ4v) is 5.87. The van der Waals surface area contributed by atoms with Crippen molar-refractivity contribution in [2.24, 2.45) is 11.8 Å². The average Bonchev–Trinajstić information content (AvgIpc) is 3.29. The second-order valence-corrected chi connectivity index (χ2v) is 10.4. The number of carbonyl (C=O) groups is 1. The molecular formula is C23H33ClN6OS. The van der Waals surface area contributed by atoms with Crippen LogP contribution in [0.3, 0.4) is 0 Å². The molecule has 0 radical (unpaired) electrons. The van der Waals surface area contributed by atoms with Gasteiger partial charge in [-0.15, -0.1) is 0 Å². The maximum Gasteiger partial charge on any atom is 0.254 e. The number of aromatic nitrogens is 2. The van der Waals surface area contributed by atoms with Crippen LogP contribution in [0.15, 0.2) is 18.2 Å². The van der Waals surface area contributed by atoms with Crippen LogP contribution in [0.1, 0.15) is 36.0 Å². The fourth-order valence-electron chi connectivity index (χ4n) is 4.82. The molecule has 2 fully saturated rings. The molecule has 2 aliphatic rings. The van der Waals surface area contributed by atoms with E-state index in [0.717, 1.165) is 54.8 Å². The molecule has 0 atom stereocenters. The van der Waals surface area contributed by atoms with Crippen LogP contribution in [-0.2, 0) is 0 Å². The molecule has 0 bridgehead atoms. The Labute approximate surface area is 200 Å². The van der Waals surface area contributed by atoms with Crippen LogP contribution in [0.2, 0.25) is 5.02 Å². The number of benzene rings is 1. The number of piperidine rings is 2. The zero-order valence-corrected chi connectivity index (χ0v) is 21.0. The SMILES string of the molecule is CN(C)C(=O)c1ccc(N2CCC(C3CCN(c4nc(N(C)C)ns4)CC3)CC2)cc1Cl. The van der Waals surface area contributed by atoms with E-state index in [-0.39, 0.29) is 5.91 Å². The summed E-state index contributed by atoms with van der Waals surface area (Å²) in [7, 11) is 7.46. The van der Waals surface area contributed by atoms with Gasteiger partial charge >= 0.3 is 0 Å². The van der Waals surface area contributed by atoms with Gasteiger partial charge in [0.2, 0.25) is 11.1 Å². The van der Waals surface area contributed by atoms with Crippen LogP contribution in [0.5, 0.6) is 0 Å². The van der Waals surface area contributed by atoms with Gasteiger partial charge in [-0.25, -0.2) is 0 Å². The van der Waals surface area contributed by atoms with Crippen LogP contribution < -0.4 is 14.7 Å². The molecule has 0 aliphatic carbocycles. The summed E-state index contributed by atoms with van der Waals surface area (Å²) in [4.78, 5) is 25.2. The molecule has 2 aliphatic heterocycles. The number of halogens is 1. The average molecular weight is 477 g/mol. The topological polar surface area (TPSA) is 55.8 Å². The van der Waals surface area contributed by atoms with Crippen molar-refractivity contribution in [3.8, 4) is 0 Å². The van der Waals surface area contributed by atoms with Crippen LogP contribution in [0, 0.1) is 11.8 Å². The molecule has 1 aromatic carbocycles. The largest absolute Gasteiger partial charge is 0.371 e. The van der Waals surface area contributed by atoms with E-state index < -0.39 is 0 Å². The minimum atomic E-state index is -0.0573. The van der Waals surface area contributed by atoms with Gasteiger partial charge in [-0.1, -0.05) is 11.6 Å². The molecule has 174 valence electrons. The number of carbonyl (C=O) groups excluding carboxylic acids is 1. The number of rotatable bonds is 5. The molecule has 32 heavy (non-hydrogen) atoms. The minimum Gasteiger partial charge on any atom is -0.371 e. The molecular weight excluding hydrogens is 444 g/mol. The molecule has 3 heterocycles. The first-order valence-corrected chi connectivity index (χ1v) is 12.5. The lowest BCUT2D eigenvalue weighted by molar-refractivity contribution is 0.0828. The molecule has 7 nitrogen and oxygen atoms in total. The van der Waals surface area contributed by atoms with E-state index >= 15 is 0 Å². The molecule has 1 aromatic heterocycles. The monoisotopic (exact) mass is 476 g/mol. The summed E-state index contributed by atoms with van der Waals surface area (Å²) in [5, 5.41) is 1.58. The highest BCUT2D eigenvalue weighted by Crippen LogP contribution is 2.36. The second kappa shape index (κ2) is 9.83. The fraction of sp³-hybridized carbons (Fsp3) is 0.609. The predicted molar refractivity (Wildman–Crippen MR) is 134 cm³/mol. The summed E-state index contributed by atoms with van der Waals surface area (Å²) in [6, 6.07) is 5.84. The first kappa shape index (κ1) is 23.1. The number of amides is 1. The Morgan fingerprint density at radius 1 is 1.00 bits per heavy atom. The van der Waals surface area contributed by atoms with Crippen LogP contribution in [-0.4, -0.2) is 74.5 Å². The summed E-state index contributed by atoms with van der Waals surface area (Å²) in [5.74, 6) is 2.32. The van der Waals surface area contributed by atoms with E-state index in [2.05, 4.69) is 19.2 Å². The smallest absolute Gasteiger partial charge is 0.254 e. The van der Waals surface area contributed by atoms with Crippen LogP contribution in [0.25, 0.3) is 0 Å². The van der Waals surface area contributed by atoms with Crippen molar-refractivity contribution in [1.29, 1.82) is 0 Å². The quantitative estimate of drug-likeness (QED) is 0.647. The Morgan fingerprint density at radius 2 is 1.59 bits per heavy atom. The maximum atomic E-state index is 12.2. The van der Waals surface area contributed by atoms with E-state index in [9.17, 15) is 4.79 Å². The van der Waals surface area contributed by atoms with Gasteiger partial charge in [0.05, 0.1) is 10.6 Å². The normalized spacial score (nSPS) is 18.2. The molecule has 9 heteroatoms. The number of hydrogen-bond donors (Lipinski definition) is 0. The maximum absolute atomic E-state index is 12.2. The molecule has 0 N–H and O–H groups in total. The standard InChI is InChI=1S/C23H33ClN6OS/c1-27(2)21(31)19-6-5-18(15-20(19)24)29-11-7-16(8-12-29)17-9-13-30(14-10-17)23-25-22(26-32-23)28(3)4/h5-6,15-17H,7-14H2,1-4H3. The lowest BCUT2D eigenvalue weighted by Gasteiger charge is -2.40. The molecule has 0 spiro atoms. The first-order chi connectivity index (χ1) is 15.3. The van der Waals surface area contributed by atoms with E-state index in [1.165, 1.54) is 37.2 Å². The Bertz CT molecular complexity index is 932. The predicted octanol–water partition coefficient (Wildman–Crippen LogP) is 4.09. The van der Waals surface area contributed by atoms with E-state index in [4.69, 9.17) is 11.6 Å². The van der Waals surface area contributed by atoms with E-state index in [1.807, 2.05) is 37.2 Å². The summed E-state index contributed by atoms with van der Waals surface area (Å²) in [6.07, 6.45) is 4.89. The van der Waals surface area contributed by atoms with Gasteiger partial charge in [-0.05, 0) is 55.7 Å². The highest BCUT2D eigenvalue weighted by Gasteiger charge is 2.31. The van der Waals surface area contributed by atoms with Crippen LogP contribution >= 0.6 is 23.1 Å². The van der Waals surface area contributed by atoms with Crippen molar-refractivity contribution in [3.05, 3.63) is 28.8 Å². The molecule has 4 rings (SSSR count). The van der Waals surface area contributed by atoms with Crippen molar-refractivity contribution in [2.75, 3.05) is 69.1 Å². The Kier molecular flexibility index (Phi) is 7.10. The summed E-state index contributed by atoms with van der Waals surface area (Å²) < 4.78 is 4.45. The molecule has 2 saturated heterocycles. The first-order valence-electron chi connectivity index (χ1n) is 11.4. The van der Waals surface area contributed by atoms with E-state index in [0.29, 0.717) is 10.6 Å². The zero-order chi connectivity index (χ0) is 22.8. The summed E-state index contributed by atoms with van der Waals surface area (Å²) >= 11 is 7.94. The van der Waals surface area contributed by atoms with Gasteiger partial charge in [-0.3, -0.25) is 4.79 Å². The summed E-state index contributed by atoms with van der Waals surface area (Å²) in [5.41, 5.74) is 1.68. The Hall–Kier alpha value is -2.06. The van der Waals surface area contributed by atoms with Gasteiger partial charge < -0.3 is 19.6 Å². The highest BCUT2D eigenvalue weighted by molar-refractivity contribution is 7.09. The van der Waals surface area contributed by atoms with Crippen molar-refractivity contribution in [2.45, 2.75) is 25.7 Å². The second-order valence-electron chi connectivity index (χ2n) is 9.28. The van der Waals surface area contributed by atoms with Gasteiger partial charge in [0.25, 0.3) is 5.91 Å². The van der Waals surface area contributed by atoms with Crippen molar-refractivity contribution >= 4 is 45.8 Å². The van der Waals surface area contributed by atoms with Crippen molar-refractivity contribution in [1.82, 2.24) is 14.3 Å². The molecule has 0 saturated carbocycles. The zero-order valence-electron chi connectivity index (χ0n) is 19.4. The molecule has 2 aromatic rings.